The molecule has 1 unspecified atom stereocenters. The van der Waals surface area contributed by atoms with E-state index in [2.05, 4.69) is 5.10 Å². The van der Waals surface area contributed by atoms with Gasteiger partial charge in [-0.2, -0.15) is 5.10 Å². The molecule has 4 nitrogen and oxygen atoms in total. The minimum absolute atomic E-state index is 0.0556. The number of carbonyl (C=O) groups is 1. The van der Waals surface area contributed by atoms with Crippen LogP contribution >= 0.6 is 0 Å². The number of rotatable bonds is 5. The Bertz CT molecular complexity index is 590. The highest BCUT2D eigenvalue weighted by Gasteiger charge is 2.37. The molecule has 0 fully saturated rings. The van der Waals surface area contributed by atoms with Crippen molar-refractivity contribution < 1.29 is 9.90 Å². The van der Waals surface area contributed by atoms with E-state index < -0.39 is 11.4 Å². The monoisotopic (exact) mass is 272 g/mol. The van der Waals surface area contributed by atoms with Gasteiger partial charge in [0.25, 0.3) is 0 Å². The summed E-state index contributed by atoms with van der Waals surface area (Å²) >= 11 is 0. The maximum Gasteiger partial charge on any atom is 0.309 e. The normalized spacial score (nSPS) is 14.2. The quantitative estimate of drug-likeness (QED) is 0.909. The van der Waals surface area contributed by atoms with Crippen molar-refractivity contribution in [2.45, 2.75) is 27.2 Å². The van der Waals surface area contributed by atoms with Crippen LogP contribution in [0.2, 0.25) is 0 Å². The minimum Gasteiger partial charge on any atom is -0.481 e. The Morgan fingerprint density at radius 2 is 2.00 bits per heavy atom. The van der Waals surface area contributed by atoms with Gasteiger partial charge in [-0.05, 0) is 37.0 Å². The number of carboxylic acids is 1. The maximum absolute atomic E-state index is 11.5. The Balaban J connectivity index is 2.24. The molecule has 0 saturated heterocycles. The highest BCUT2D eigenvalue weighted by Crippen LogP contribution is 2.31. The average Bonchev–Trinajstić information content (AvgIpc) is 2.87. The summed E-state index contributed by atoms with van der Waals surface area (Å²) < 4.78 is 1.78. The first-order valence-electron chi connectivity index (χ1n) is 6.76. The van der Waals surface area contributed by atoms with E-state index in [0.717, 1.165) is 11.3 Å². The summed E-state index contributed by atoms with van der Waals surface area (Å²) in [7, 11) is 0. The Kier molecular flexibility index (Phi) is 3.93. The first-order chi connectivity index (χ1) is 9.43. The van der Waals surface area contributed by atoms with Crippen LogP contribution in [0.25, 0.3) is 5.69 Å². The highest BCUT2D eigenvalue weighted by atomic mass is 16.4. The van der Waals surface area contributed by atoms with Crippen LogP contribution in [-0.2, 0) is 11.2 Å². The second kappa shape index (κ2) is 5.49. The van der Waals surface area contributed by atoms with E-state index in [0.29, 0.717) is 6.42 Å². The SMILES string of the molecule is CC(C)C(C)(Cc1cnn(-c2ccccc2)c1)C(=O)O. The van der Waals surface area contributed by atoms with Crippen LogP contribution in [-0.4, -0.2) is 20.9 Å². The largest absolute Gasteiger partial charge is 0.481 e. The van der Waals surface area contributed by atoms with Gasteiger partial charge >= 0.3 is 5.97 Å². The first-order valence-corrected chi connectivity index (χ1v) is 6.76. The Morgan fingerprint density at radius 1 is 1.35 bits per heavy atom. The van der Waals surface area contributed by atoms with E-state index in [9.17, 15) is 9.90 Å². The van der Waals surface area contributed by atoms with Crippen LogP contribution < -0.4 is 0 Å². The smallest absolute Gasteiger partial charge is 0.309 e. The van der Waals surface area contributed by atoms with Gasteiger partial charge in [-0.3, -0.25) is 4.79 Å². The molecular formula is C16H20N2O2. The number of benzene rings is 1. The lowest BCUT2D eigenvalue weighted by atomic mass is 9.75. The lowest BCUT2D eigenvalue weighted by Gasteiger charge is -2.28. The number of nitrogens with zero attached hydrogens (tertiary/aromatic N) is 2. The van der Waals surface area contributed by atoms with Crippen molar-refractivity contribution in [3.63, 3.8) is 0 Å². The summed E-state index contributed by atoms with van der Waals surface area (Å²) in [5.74, 6) is -0.708. The van der Waals surface area contributed by atoms with Crippen molar-refractivity contribution >= 4 is 5.97 Å². The van der Waals surface area contributed by atoms with E-state index in [1.165, 1.54) is 0 Å². The van der Waals surface area contributed by atoms with Gasteiger partial charge in [0.2, 0.25) is 0 Å². The van der Waals surface area contributed by atoms with Crippen molar-refractivity contribution in [2.24, 2.45) is 11.3 Å². The maximum atomic E-state index is 11.5. The van der Waals surface area contributed by atoms with Crippen LogP contribution in [0.15, 0.2) is 42.7 Å². The molecule has 1 atom stereocenters. The Labute approximate surface area is 119 Å². The molecule has 0 aliphatic carbocycles. The molecule has 0 aliphatic rings. The second-order valence-electron chi connectivity index (χ2n) is 5.68. The summed E-state index contributed by atoms with van der Waals surface area (Å²) in [6.07, 6.45) is 4.13. The topological polar surface area (TPSA) is 55.1 Å². The van der Waals surface area contributed by atoms with Crippen LogP contribution in [0.1, 0.15) is 26.3 Å². The molecule has 1 N–H and O–H groups in total. The zero-order valence-corrected chi connectivity index (χ0v) is 12.1. The van der Waals surface area contributed by atoms with Crippen molar-refractivity contribution in [3.05, 3.63) is 48.3 Å². The molecule has 0 spiro atoms. The molecule has 1 heterocycles. The number of aromatic nitrogens is 2. The summed E-state index contributed by atoms with van der Waals surface area (Å²) in [5.41, 5.74) is 1.14. The fraction of sp³-hybridized carbons (Fsp3) is 0.375. The van der Waals surface area contributed by atoms with Gasteiger partial charge in [-0.1, -0.05) is 32.0 Å². The number of aliphatic carboxylic acids is 1. The third-order valence-corrected chi connectivity index (χ3v) is 3.99. The standard InChI is InChI=1S/C16H20N2O2/c1-12(2)16(3,15(19)20)9-13-10-17-18(11-13)14-7-5-4-6-8-14/h4-8,10-12H,9H2,1-3H3,(H,19,20). The summed E-state index contributed by atoms with van der Waals surface area (Å²) in [6.45, 7) is 5.67. The highest BCUT2D eigenvalue weighted by molar-refractivity contribution is 5.74. The fourth-order valence-electron chi connectivity index (χ4n) is 2.12. The third-order valence-electron chi connectivity index (χ3n) is 3.99. The predicted octanol–water partition coefficient (Wildman–Crippen LogP) is 3.16. The van der Waals surface area contributed by atoms with Gasteiger partial charge in [0.05, 0.1) is 17.3 Å². The summed E-state index contributed by atoms with van der Waals surface area (Å²) in [6, 6.07) is 9.79. The van der Waals surface area contributed by atoms with E-state index in [1.54, 1.807) is 17.8 Å². The van der Waals surface area contributed by atoms with E-state index in [4.69, 9.17) is 0 Å². The number of hydrogen-bond acceptors (Lipinski definition) is 2. The minimum atomic E-state index is -0.773. The molecule has 0 aliphatic heterocycles. The Hall–Kier alpha value is -2.10. The molecule has 2 rings (SSSR count). The van der Waals surface area contributed by atoms with Gasteiger partial charge in [0, 0.05) is 6.20 Å². The zero-order valence-electron chi connectivity index (χ0n) is 12.1. The molecular weight excluding hydrogens is 252 g/mol. The average molecular weight is 272 g/mol. The first kappa shape index (κ1) is 14.3. The van der Waals surface area contributed by atoms with E-state index in [-0.39, 0.29) is 5.92 Å². The molecule has 2 aromatic rings. The van der Waals surface area contributed by atoms with E-state index in [1.807, 2.05) is 50.4 Å². The van der Waals surface area contributed by atoms with Crippen LogP contribution in [0.5, 0.6) is 0 Å². The molecule has 1 aromatic heterocycles. The van der Waals surface area contributed by atoms with E-state index >= 15 is 0 Å². The van der Waals surface area contributed by atoms with Crippen molar-refractivity contribution in [3.8, 4) is 5.69 Å². The van der Waals surface area contributed by atoms with Gasteiger partial charge in [-0.15, -0.1) is 0 Å². The summed E-state index contributed by atoms with van der Waals surface area (Å²) in [5, 5.41) is 13.8. The molecule has 0 amide bonds. The molecule has 4 heteroatoms. The van der Waals surface area contributed by atoms with Gasteiger partial charge in [0.1, 0.15) is 0 Å². The molecule has 20 heavy (non-hydrogen) atoms. The number of carboxylic acid groups (broad SMARTS) is 1. The van der Waals surface area contributed by atoms with Gasteiger partial charge in [-0.25, -0.2) is 4.68 Å². The molecule has 0 bridgehead atoms. The van der Waals surface area contributed by atoms with Crippen molar-refractivity contribution in [2.75, 3.05) is 0 Å². The molecule has 0 radical (unpaired) electrons. The third kappa shape index (κ3) is 2.74. The van der Waals surface area contributed by atoms with Crippen LogP contribution in [0.4, 0.5) is 0 Å². The molecule has 106 valence electrons. The molecule has 1 aromatic carbocycles. The van der Waals surface area contributed by atoms with Crippen molar-refractivity contribution in [1.29, 1.82) is 0 Å². The van der Waals surface area contributed by atoms with Gasteiger partial charge in [0.15, 0.2) is 0 Å². The van der Waals surface area contributed by atoms with Crippen LogP contribution in [0.3, 0.4) is 0 Å². The second-order valence-corrected chi connectivity index (χ2v) is 5.68. The predicted molar refractivity (Wildman–Crippen MR) is 77.8 cm³/mol. The van der Waals surface area contributed by atoms with Gasteiger partial charge < -0.3 is 5.11 Å². The fourth-order valence-corrected chi connectivity index (χ4v) is 2.12. The lowest BCUT2D eigenvalue weighted by Crippen LogP contribution is -2.35. The zero-order chi connectivity index (χ0) is 14.8. The number of hydrogen-bond donors (Lipinski definition) is 1. The van der Waals surface area contributed by atoms with Crippen LogP contribution in [0, 0.1) is 11.3 Å². The van der Waals surface area contributed by atoms with Crippen molar-refractivity contribution in [1.82, 2.24) is 9.78 Å². The Morgan fingerprint density at radius 3 is 2.55 bits per heavy atom. The lowest BCUT2D eigenvalue weighted by molar-refractivity contribution is -0.150. The summed E-state index contributed by atoms with van der Waals surface area (Å²) in [4.78, 5) is 11.5. The number of para-hydroxylation sites is 1. The molecule has 0 saturated carbocycles.